The van der Waals surface area contributed by atoms with Gasteiger partial charge in [0.15, 0.2) is 0 Å². The van der Waals surface area contributed by atoms with Gasteiger partial charge in [0, 0.05) is 0 Å². The normalized spacial score (nSPS) is 10.5. The van der Waals surface area contributed by atoms with Crippen LogP contribution in [0.25, 0.3) is 0 Å². The monoisotopic (exact) mass is 212 g/mol. The van der Waals surface area contributed by atoms with Gasteiger partial charge in [-0.05, 0) is 17.4 Å². The van der Waals surface area contributed by atoms with Crippen LogP contribution in [0.4, 0.5) is 0 Å². The molecule has 0 aliphatic carbocycles. The van der Waals surface area contributed by atoms with Gasteiger partial charge in [-0.3, -0.25) is 0 Å². The fraction of sp³-hybridized carbons (Fsp3) is 0. The van der Waals surface area contributed by atoms with Crippen LogP contribution in [0.2, 0.25) is 0 Å². The SMILES string of the molecule is O=S(=O)([O-])c1cccc(P)c1.[Na+]. The van der Waals surface area contributed by atoms with Crippen LogP contribution in [0.15, 0.2) is 29.2 Å². The molecule has 0 saturated carbocycles. The van der Waals surface area contributed by atoms with Gasteiger partial charge in [0.05, 0.1) is 4.90 Å². The second-order valence-corrected chi connectivity index (χ2v) is 4.07. The van der Waals surface area contributed by atoms with Crippen LogP contribution in [-0.2, 0) is 10.1 Å². The molecule has 0 spiro atoms. The van der Waals surface area contributed by atoms with Gasteiger partial charge in [0.1, 0.15) is 10.1 Å². The van der Waals surface area contributed by atoms with E-state index in [0.717, 1.165) is 0 Å². The van der Waals surface area contributed by atoms with Crippen molar-refractivity contribution in [1.82, 2.24) is 0 Å². The van der Waals surface area contributed by atoms with Crippen LogP contribution in [-0.4, -0.2) is 13.0 Å². The van der Waals surface area contributed by atoms with Gasteiger partial charge >= 0.3 is 29.6 Å². The predicted molar refractivity (Wildman–Crippen MR) is 43.7 cm³/mol. The standard InChI is InChI=1S/C6H7O3PS.Na/c7-11(8,9)6-3-1-2-5(10)4-6;/h1-4H,10H2,(H,7,8,9);/q;+1/p-1. The topological polar surface area (TPSA) is 57.2 Å². The Morgan fingerprint density at radius 2 is 1.92 bits per heavy atom. The summed E-state index contributed by atoms with van der Waals surface area (Å²) in [6.45, 7) is 0. The van der Waals surface area contributed by atoms with Crippen molar-refractivity contribution < 1.29 is 42.5 Å². The first-order chi connectivity index (χ1) is 5.00. The molecule has 0 aromatic heterocycles. The molecule has 0 aliphatic rings. The molecule has 0 saturated heterocycles. The maximum Gasteiger partial charge on any atom is 1.00 e. The first-order valence-electron chi connectivity index (χ1n) is 2.81. The second kappa shape index (κ2) is 4.70. The largest absolute Gasteiger partial charge is 1.00 e. The Balaban J connectivity index is 0.00000121. The van der Waals surface area contributed by atoms with Crippen molar-refractivity contribution >= 4 is 24.7 Å². The third-order valence-electron chi connectivity index (χ3n) is 1.15. The Morgan fingerprint density at radius 3 is 2.25 bits per heavy atom. The van der Waals surface area contributed by atoms with E-state index in [1.165, 1.54) is 18.2 Å². The summed E-state index contributed by atoms with van der Waals surface area (Å²) < 4.78 is 31.3. The molecular weight excluding hydrogens is 206 g/mol. The predicted octanol–water partition coefficient (Wildman–Crippen LogP) is -2.90. The van der Waals surface area contributed by atoms with Gasteiger partial charge in [-0.1, -0.05) is 12.1 Å². The first kappa shape index (κ1) is 12.6. The van der Waals surface area contributed by atoms with Crippen LogP contribution < -0.4 is 34.9 Å². The van der Waals surface area contributed by atoms with E-state index in [1.807, 2.05) is 0 Å². The summed E-state index contributed by atoms with van der Waals surface area (Å²) in [6.07, 6.45) is 0. The van der Waals surface area contributed by atoms with Crippen molar-refractivity contribution in [2.24, 2.45) is 0 Å². The van der Waals surface area contributed by atoms with E-state index < -0.39 is 10.1 Å². The molecule has 0 amide bonds. The van der Waals surface area contributed by atoms with Gasteiger partial charge in [0.25, 0.3) is 0 Å². The zero-order valence-corrected chi connectivity index (χ0v) is 10.5. The Labute approximate surface area is 95.8 Å². The van der Waals surface area contributed by atoms with E-state index in [-0.39, 0.29) is 34.5 Å². The Kier molecular flexibility index (Phi) is 4.92. The molecule has 1 rings (SSSR count). The van der Waals surface area contributed by atoms with Crippen LogP contribution in [0, 0.1) is 0 Å². The van der Waals surface area contributed by atoms with Crippen molar-refractivity contribution in [1.29, 1.82) is 0 Å². The van der Waals surface area contributed by atoms with Gasteiger partial charge in [0.2, 0.25) is 0 Å². The van der Waals surface area contributed by atoms with Crippen LogP contribution in [0.3, 0.4) is 0 Å². The molecule has 1 aromatic rings. The fourth-order valence-corrected chi connectivity index (χ4v) is 1.61. The summed E-state index contributed by atoms with van der Waals surface area (Å²) in [6, 6.07) is 5.80. The summed E-state index contributed by atoms with van der Waals surface area (Å²) in [5.41, 5.74) is 0. The van der Waals surface area contributed by atoms with Crippen LogP contribution in [0.1, 0.15) is 0 Å². The van der Waals surface area contributed by atoms with Crippen molar-refractivity contribution in [2.45, 2.75) is 4.90 Å². The smallest absolute Gasteiger partial charge is 0.744 e. The number of benzene rings is 1. The molecule has 60 valence electrons. The molecule has 0 N–H and O–H groups in total. The maximum absolute atomic E-state index is 10.4. The molecule has 0 bridgehead atoms. The van der Waals surface area contributed by atoms with E-state index in [9.17, 15) is 13.0 Å². The van der Waals surface area contributed by atoms with E-state index in [4.69, 9.17) is 0 Å². The molecule has 6 heteroatoms. The maximum atomic E-state index is 10.4. The van der Waals surface area contributed by atoms with E-state index >= 15 is 0 Å². The minimum Gasteiger partial charge on any atom is -0.744 e. The third-order valence-corrected chi connectivity index (χ3v) is 2.34. The zero-order chi connectivity index (χ0) is 8.48. The fourth-order valence-electron chi connectivity index (χ4n) is 0.670. The van der Waals surface area contributed by atoms with Crippen molar-refractivity contribution in [3.8, 4) is 0 Å². The van der Waals surface area contributed by atoms with Crippen molar-refractivity contribution in [3.63, 3.8) is 0 Å². The summed E-state index contributed by atoms with van der Waals surface area (Å²) in [5, 5.41) is 0.682. The third kappa shape index (κ3) is 3.52. The van der Waals surface area contributed by atoms with Gasteiger partial charge in [-0.25, -0.2) is 8.42 Å². The van der Waals surface area contributed by atoms with Crippen molar-refractivity contribution in [3.05, 3.63) is 24.3 Å². The summed E-state index contributed by atoms with van der Waals surface area (Å²) in [4.78, 5) is -0.190. The Morgan fingerprint density at radius 1 is 1.33 bits per heavy atom. The molecule has 0 aliphatic heterocycles. The summed E-state index contributed by atoms with van der Waals surface area (Å²) in [5.74, 6) is 0. The summed E-state index contributed by atoms with van der Waals surface area (Å²) in [7, 11) is -1.97. The number of rotatable bonds is 1. The molecule has 3 nitrogen and oxygen atoms in total. The quantitative estimate of drug-likeness (QED) is 0.285. The average molecular weight is 212 g/mol. The average Bonchev–Trinajstić information content (AvgIpc) is 1.86. The molecule has 0 radical (unpaired) electrons. The van der Waals surface area contributed by atoms with Crippen LogP contribution >= 0.6 is 9.24 Å². The molecule has 0 fully saturated rings. The van der Waals surface area contributed by atoms with Gasteiger partial charge in [-0.15, -0.1) is 9.24 Å². The molecule has 1 unspecified atom stereocenters. The van der Waals surface area contributed by atoms with Gasteiger partial charge in [-0.2, -0.15) is 0 Å². The minimum absolute atomic E-state index is 0. The minimum atomic E-state index is -4.29. The Hall–Kier alpha value is 0.560. The van der Waals surface area contributed by atoms with E-state index in [2.05, 4.69) is 9.24 Å². The van der Waals surface area contributed by atoms with Gasteiger partial charge < -0.3 is 4.55 Å². The first-order valence-corrected chi connectivity index (χ1v) is 4.80. The van der Waals surface area contributed by atoms with E-state index in [0.29, 0.717) is 5.30 Å². The summed E-state index contributed by atoms with van der Waals surface area (Å²) >= 11 is 0. The molecule has 12 heavy (non-hydrogen) atoms. The molecule has 1 aromatic carbocycles. The molecule has 0 heterocycles. The zero-order valence-electron chi connectivity index (χ0n) is 6.52. The van der Waals surface area contributed by atoms with E-state index in [1.54, 1.807) is 6.07 Å². The Bertz CT molecular complexity index is 363. The molecular formula is C6H6NaO3PS. The van der Waals surface area contributed by atoms with Crippen molar-refractivity contribution in [2.75, 3.05) is 0 Å². The number of hydrogen-bond donors (Lipinski definition) is 0. The second-order valence-electron chi connectivity index (χ2n) is 2.03. The number of hydrogen-bond acceptors (Lipinski definition) is 3. The van der Waals surface area contributed by atoms with Crippen LogP contribution in [0.5, 0.6) is 0 Å². The molecule has 1 atom stereocenters.